The van der Waals surface area contributed by atoms with Crippen molar-refractivity contribution in [2.75, 3.05) is 6.61 Å². The van der Waals surface area contributed by atoms with Crippen LogP contribution >= 0.6 is 0 Å². The third-order valence-electron chi connectivity index (χ3n) is 3.27. The smallest absolute Gasteiger partial charge is 0.241 e. The molecule has 1 aliphatic carbocycles. The fraction of sp³-hybridized carbons (Fsp3) is 0.308. The molecule has 0 spiro atoms. The minimum Gasteiger partial charge on any atom is -0.493 e. The fourth-order valence-electron chi connectivity index (χ4n) is 2.64. The third kappa shape index (κ3) is 1.32. The molecule has 1 aromatic carbocycles. The van der Waals surface area contributed by atoms with Crippen LogP contribution in [0.4, 0.5) is 0 Å². The first-order chi connectivity index (χ1) is 7.75. The standard InChI is InChI=1S/C13H13NO2/c14-12(15)7-9-2-1-8-3-4-11-10(13(8)9)5-6-16-11/h3-4,7H,1-2,5-6H2,(H2,14,15)/b9-7+. The highest BCUT2D eigenvalue weighted by Crippen LogP contribution is 2.40. The average molecular weight is 215 g/mol. The van der Waals surface area contributed by atoms with E-state index < -0.39 is 0 Å². The number of nitrogens with two attached hydrogens (primary N) is 1. The molecular weight excluding hydrogens is 202 g/mol. The lowest BCUT2D eigenvalue weighted by atomic mass is 9.98. The van der Waals surface area contributed by atoms with Crippen LogP contribution in [-0.4, -0.2) is 12.5 Å². The lowest BCUT2D eigenvalue weighted by Crippen LogP contribution is -2.06. The molecule has 0 bridgehead atoms. The van der Waals surface area contributed by atoms with Crippen LogP contribution in [0.25, 0.3) is 5.57 Å². The Morgan fingerprint density at radius 3 is 3.00 bits per heavy atom. The maximum Gasteiger partial charge on any atom is 0.241 e. The summed E-state index contributed by atoms with van der Waals surface area (Å²) in [4.78, 5) is 11.0. The normalized spacial score (nSPS) is 19.4. The number of benzene rings is 1. The third-order valence-corrected chi connectivity index (χ3v) is 3.27. The molecule has 16 heavy (non-hydrogen) atoms. The Kier molecular flexibility index (Phi) is 1.99. The first kappa shape index (κ1) is 9.46. The van der Waals surface area contributed by atoms with Crippen molar-refractivity contribution in [3.05, 3.63) is 34.9 Å². The minimum absolute atomic E-state index is 0.362. The van der Waals surface area contributed by atoms with Gasteiger partial charge in [-0.3, -0.25) is 4.79 Å². The Morgan fingerprint density at radius 2 is 2.19 bits per heavy atom. The van der Waals surface area contributed by atoms with E-state index in [0.717, 1.165) is 37.2 Å². The van der Waals surface area contributed by atoms with Crippen molar-refractivity contribution in [1.29, 1.82) is 0 Å². The van der Waals surface area contributed by atoms with E-state index in [2.05, 4.69) is 6.07 Å². The van der Waals surface area contributed by atoms with E-state index in [0.29, 0.717) is 0 Å². The number of hydrogen-bond donors (Lipinski definition) is 1. The summed E-state index contributed by atoms with van der Waals surface area (Å²) in [5.41, 5.74) is 10.1. The molecule has 0 atom stereocenters. The van der Waals surface area contributed by atoms with Gasteiger partial charge in [-0.1, -0.05) is 6.07 Å². The predicted molar refractivity (Wildman–Crippen MR) is 61.1 cm³/mol. The van der Waals surface area contributed by atoms with Crippen molar-refractivity contribution < 1.29 is 9.53 Å². The van der Waals surface area contributed by atoms with Gasteiger partial charge >= 0.3 is 0 Å². The highest BCUT2D eigenvalue weighted by atomic mass is 16.5. The van der Waals surface area contributed by atoms with E-state index in [4.69, 9.17) is 10.5 Å². The molecular formula is C13H13NO2. The molecule has 1 amide bonds. The number of primary amides is 1. The number of aryl methyl sites for hydroxylation is 1. The van der Waals surface area contributed by atoms with Crippen LogP contribution in [0.1, 0.15) is 23.1 Å². The SMILES string of the molecule is NC(=O)/C=C1\CCc2ccc3c(c21)CCO3. The molecule has 0 unspecified atom stereocenters. The van der Waals surface area contributed by atoms with Gasteiger partial charge in [0.2, 0.25) is 5.91 Å². The second-order valence-corrected chi connectivity index (χ2v) is 4.25. The lowest BCUT2D eigenvalue weighted by Gasteiger charge is -2.06. The Hall–Kier alpha value is -1.77. The number of rotatable bonds is 1. The van der Waals surface area contributed by atoms with Crippen LogP contribution in [0.3, 0.4) is 0 Å². The molecule has 0 aromatic heterocycles. The molecule has 2 N–H and O–H groups in total. The van der Waals surface area contributed by atoms with Gasteiger partial charge < -0.3 is 10.5 Å². The molecule has 82 valence electrons. The second kappa shape index (κ2) is 3.37. The molecule has 0 radical (unpaired) electrons. The van der Waals surface area contributed by atoms with Crippen LogP contribution in [0, 0.1) is 0 Å². The maximum atomic E-state index is 11.0. The fourth-order valence-corrected chi connectivity index (χ4v) is 2.64. The predicted octanol–water partition coefficient (Wildman–Crippen LogP) is 1.44. The van der Waals surface area contributed by atoms with Crippen molar-refractivity contribution in [2.24, 2.45) is 5.73 Å². The molecule has 1 aliphatic heterocycles. The maximum absolute atomic E-state index is 11.0. The number of ether oxygens (including phenoxy) is 1. The highest BCUT2D eigenvalue weighted by molar-refractivity contribution is 5.96. The molecule has 3 nitrogen and oxygen atoms in total. The van der Waals surface area contributed by atoms with Crippen molar-refractivity contribution in [3.8, 4) is 5.75 Å². The minimum atomic E-state index is -0.362. The molecule has 0 saturated heterocycles. The molecule has 3 rings (SSSR count). The van der Waals surface area contributed by atoms with Crippen LogP contribution in [0.2, 0.25) is 0 Å². The zero-order valence-electron chi connectivity index (χ0n) is 8.95. The quantitative estimate of drug-likeness (QED) is 0.720. The molecule has 0 saturated carbocycles. The molecule has 1 aromatic rings. The second-order valence-electron chi connectivity index (χ2n) is 4.25. The van der Waals surface area contributed by atoms with Gasteiger partial charge in [0.15, 0.2) is 0 Å². The van der Waals surface area contributed by atoms with Crippen LogP contribution in [-0.2, 0) is 17.6 Å². The van der Waals surface area contributed by atoms with Gasteiger partial charge in [0.25, 0.3) is 0 Å². The zero-order chi connectivity index (χ0) is 11.1. The van der Waals surface area contributed by atoms with Gasteiger partial charge in [-0.05, 0) is 35.6 Å². The first-order valence-electron chi connectivity index (χ1n) is 5.53. The van der Waals surface area contributed by atoms with Gasteiger partial charge in [-0.2, -0.15) is 0 Å². The van der Waals surface area contributed by atoms with Gasteiger partial charge in [0.1, 0.15) is 5.75 Å². The van der Waals surface area contributed by atoms with Crippen molar-refractivity contribution in [2.45, 2.75) is 19.3 Å². The van der Waals surface area contributed by atoms with Crippen LogP contribution in [0.5, 0.6) is 5.75 Å². The van der Waals surface area contributed by atoms with E-state index in [1.54, 1.807) is 6.08 Å². The summed E-state index contributed by atoms with van der Waals surface area (Å²) in [7, 11) is 0. The topological polar surface area (TPSA) is 52.3 Å². The number of amides is 1. The van der Waals surface area contributed by atoms with Crippen molar-refractivity contribution >= 4 is 11.5 Å². The zero-order valence-corrected chi connectivity index (χ0v) is 8.95. The summed E-state index contributed by atoms with van der Waals surface area (Å²) in [5.74, 6) is 0.607. The number of hydrogen-bond acceptors (Lipinski definition) is 2. The van der Waals surface area contributed by atoms with Gasteiger partial charge in [-0.15, -0.1) is 0 Å². The summed E-state index contributed by atoms with van der Waals surface area (Å²) in [6.45, 7) is 0.746. The van der Waals surface area contributed by atoms with Gasteiger partial charge in [-0.25, -0.2) is 0 Å². The molecule has 3 heteroatoms. The molecule has 2 aliphatic rings. The van der Waals surface area contributed by atoms with Crippen LogP contribution in [0.15, 0.2) is 18.2 Å². The Morgan fingerprint density at radius 1 is 1.31 bits per heavy atom. The van der Waals surface area contributed by atoms with Gasteiger partial charge in [0, 0.05) is 18.1 Å². The van der Waals surface area contributed by atoms with E-state index in [1.807, 2.05) is 6.07 Å². The van der Waals surface area contributed by atoms with E-state index in [-0.39, 0.29) is 5.91 Å². The summed E-state index contributed by atoms with van der Waals surface area (Å²) >= 11 is 0. The van der Waals surface area contributed by atoms with E-state index in [9.17, 15) is 4.79 Å². The summed E-state index contributed by atoms with van der Waals surface area (Å²) in [6.07, 6.45) is 4.41. The summed E-state index contributed by atoms with van der Waals surface area (Å²) in [6, 6.07) is 4.13. The number of allylic oxidation sites excluding steroid dienone is 1. The van der Waals surface area contributed by atoms with E-state index in [1.165, 1.54) is 16.7 Å². The largest absolute Gasteiger partial charge is 0.493 e. The van der Waals surface area contributed by atoms with E-state index >= 15 is 0 Å². The highest BCUT2D eigenvalue weighted by Gasteiger charge is 2.25. The Balaban J connectivity index is 2.17. The lowest BCUT2D eigenvalue weighted by molar-refractivity contribution is -0.113. The molecule has 0 fully saturated rings. The summed E-state index contributed by atoms with van der Waals surface area (Å²) < 4.78 is 5.53. The monoisotopic (exact) mass is 215 g/mol. The van der Waals surface area contributed by atoms with Crippen LogP contribution < -0.4 is 10.5 Å². The first-order valence-corrected chi connectivity index (χ1v) is 5.53. The number of carbonyl (C=O) groups excluding carboxylic acids is 1. The van der Waals surface area contributed by atoms with Crippen molar-refractivity contribution in [1.82, 2.24) is 0 Å². The van der Waals surface area contributed by atoms with Gasteiger partial charge in [0.05, 0.1) is 6.61 Å². The molecule has 1 heterocycles. The Labute approximate surface area is 93.9 Å². The average Bonchev–Trinajstić information content (AvgIpc) is 2.82. The van der Waals surface area contributed by atoms with Crippen molar-refractivity contribution in [3.63, 3.8) is 0 Å². The summed E-state index contributed by atoms with van der Waals surface area (Å²) in [5, 5.41) is 0. The number of carbonyl (C=O) groups is 1. The Bertz CT molecular complexity index is 503. The number of fused-ring (bicyclic) bond motifs is 3.